The predicted molar refractivity (Wildman–Crippen MR) is 56.5 cm³/mol. The van der Waals surface area contributed by atoms with Gasteiger partial charge in [0.1, 0.15) is 11.3 Å². The first-order valence-electron chi connectivity index (χ1n) is 4.09. The van der Waals surface area contributed by atoms with Crippen molar-refractivity contribution in [3.8, 4) is 0 Å². The molecule has 1 aromatic carbocycles. The molecule has 0 saturated carbocycles. The van der Waals surface area contributed by atoms with E-state index in [4.69, 9.17) is 10.2 Å². The highest BCUT2D eigenvalue weighted by molar-refractivity contribution is 9.10. The number of hydrogen-bond acceptors (Lipinski definition) is 2. The number of furan rings is 1. The van der Waals surface area contributed by atoms with Crippen LogP contribution in [0.5, 0.6) is 0 Å². The maximum Gasteiger partial charge on any atom is 0.135 e. The smallest absolute Gasteiger partial charge is 0.135 e. The van der Waals surface area contributed by atoms with Gasteiger partial charge in [0.2, 0.25) is 0 Å². The SMILES string of the molecule is Cc1cc(Br)c2cc(CN)oc2c1. The minimum absolute atomic E-state index is 0.445. The van der Waals surface area contributed by atoms with E-state index < -0.39 is 0 Å². The van der Waals surface area contributed by atoms with Gasteiger partial charge < -0.3 is 10.2 Å². The van der Waals surface area contributed by atoms with Crippen LogP contribution in [-0.4, -0.2) is 0 Å². The predicted octanol–water partition coefficient (Wildman–Crippen LogP) is 2.96. The van der Waals surface area contributed by atoms with Crippen LogP contribution in [0, 0.1) is 6.92 Å². The van der Waals surface area contributed by atoms with Crippen LogP contribution in [0.3, 0.4) is 0 Å². The molecule has 0 amide bonds. The number of fused-ring (bicyclic) bond motifs is 1. The summed E-state index contributed by atoms with van der Waals surface area (Å²) in [7, 11) is 0. The monoisotopic (exact) mass is 239 g/mol. The molecule has 68 valence electrons. The summed E-state index contributed by atoms with van der Waals surface area (Å²) in [6.45, 7) is 2.48. The maximum atomic E-state index is 5.52. The van der Waals surface area contributed by atoms with Crippen molar-refractivity contribution in [2.75, 3.05) is 0 Å². The van der Waals surface area contributed by atoms with Gasteiger partial charge in [0, 0.05) is 9.86 Å². The fourth-order valence-corrected chi connectivity index (χ4v) is 2.05. The van der Waals surface area contributed by atoms with Crippen molar-refractivity contribution in [1.29, 1.82) is 0 Å². The highest BCUT2D eigenvalue weighted by Gasteiger charge is 2.05. The molecule has 0 saturated heterocycles. The Morgan fingerprint density at radius 1 is 1.38 bits per heavy atom. The van der Waals surface area contributed by atoms with Crippen LogP contribution in [0.1, 0.15) is 11.3 Å². The molecule has 13 heavy (non-hydrogen) atoms. The minimum Gasteiger partial charge on any atom is -0.460 e. The molecule has 2 aromatic rings. The van der Waals surface area contributed by atoms with Gasteiger partial charge in [0.25, 0.3) is 0 Å². The summed E-state index contributed by atoms with van der Waals surface area (Å²) in [5.74, 6) is 0.821. The normalized spacial score (nSPS) is 11.0. The number of nitrogens with two attached hydrogens (primary N) is 1. The van der Waals surface area contributed by atoms with E-state index in [1.54, 1.807) is 0 Å². The fraction of sp³-hybridized carbons (Fsp3) is 0.200. The molecule has 0 radical (unpaired) electrons. The Morgan fingerprint density at radius 2 is 2.15 bits per heavy atom. The molecule has 2 nitrogen and oxygen atoms in total. The van der Waals surface area contributed by atoms with Crippen LogP contribution in [0.2, 0.25) is 0 Å². The molecule has 1 aromatic heterocycles. The molecule has 0 fully saturated rings. The second kappa shape index (κ2) is 3.16. The van der Waals surface area contributed by atoms with Gasteiger partial charge in [-0.1, -0.05) is 15.9 Å². The Kier molecular flexibility index (Phi) is 2.14. The molecule has 2 rings (SSSR count). The number of hydrogen-bond donors (Lipinski definition) is 1. The molecule has 0 atom stereocenters. The van der Waals surface area contributed by atoms with Gasteiger partial charge in [-0.2, -0.15) is 0 Å². The molecular formula is C10H10BrNO. The van der Waals surface area contributed by atoms with Crippen molar-refractivity contribution < 1.29 is 4.42 Å². The van der Waals surface area contributed by atoms with E-state index in [2.05, 4.69) is 22.0 Å². The van der Waals surface area contributed by atoms with Gasteiger partial charge in [-0.05, 0) is 30.7 Å². The van der Waals surface area contributed by atoms with Gasteiger partial charge in [-0.15, -0.1) is 0 Å². The van der Waals surface area contributed by atoms with Crippen molar-refractivity contribution in [3.63, 3.8) is 0 Å². The van der Waals surface area contributed by atoms with E-state index in [0.29, 0.717) is 6.54 Å². The lowest BCUT2D eigenvalue weighted by molar-refractivity contribution is 0.552. The van der Waals surface area contributed by atoms with Crippen LogP contribution in [0.15, 0.2) is 27.1 Å². The second-order valence-electron chi connectivity index (χ2n) is 3.08. The molecule has 0 bridgehead atoms. The summed E-state index contributed by atoms with van der Waals surface area (Å²) in [5.41, 5.74) is 7.57. The molecule has 0 aliphatic heterocycles. The molecule has 2 N–H and O–H groups in total. The zero-order valence-corrected chi connectivity index (χ0v) is 8.89. The third-order valence-electron chi connectivity index (χ3n) is 1.98. The molecule has 3 heteroatoms. The number of benzene rings is 1. The Hall–Kier alpha value is -0.800. The lowest BCUT2D eigenvalue weighted by Crippen LogP contribution is -1.92. The van der Waals surface area contributed by atoms with Crippen LogP contribution in [-0.2, 0) is 6.54 Å². The Bertz CT molecular complexity index is 447. The number of aryl methyl sites for hydroxylation is 1. The highest BCUT2D eigenvalue weighted by atomic mass is 79.9. The van der Waals surface area contributed by atoms with Crippen molar-refractivity contribution in [2.45, 2.75) is 13.5 Å². The highest BCUT2D eigenvalue weighted by Crippen LogP contribution is 2.28. The first kappa shape index (κ1) is 8.78. The largest absolute Gasteiger partial charge is 0.460 e. The van der Waals surface area contributed by atoms with Crippen LogP contribution >= 0.6 is 15.9 Å². The van der Waals surface area contributed by atoms with E-state index in [0.717, 1.165) is 21.2 Å². The van der Waals surface area contributed by atoms with Crippen LogP contribution < -0.4 is 5.73 Å². The third-order valence-corrected chi connectivity index (χ3v) is 2.64. The Balaban J connectivity index is 2.75. The van der Waals surface area contributed by atoms with E-state index in [9.17, 15) is 0 Å². The van der Waals surface area contributed by atoms with Crippen molar-refractivity contribution >= 4 is 26.9 Å². The second-order valence-corrected chi connectivity index (χ2v) is 3.93. The van der Waals surface area contributed by atoms with Gasteiger partial charge in [0.05, 0.1) is 6.54 Å². The summed E-state index contributed by atoms with van der Waals surface area (Å²) in [6.07, 6.45) is 0. The first-order chi connectivity index (χ1) is 6.20. The Labute approximate surface area is 84.8 Å². The Morgan fingerprint density at radius 3 is 2.85 bits per heavy atom. The average Bonchev–Trinajstić information content (AvgIpc) is 2.47. The van der Waals surface area contributed by atoms with Crippen molar-refractivity contribution in [2.24, 2.45) is 5.73 Å². The van der Waals surface area contributed by atoms with Gasteiger partial charge >= 0.3 is 0 Å². The van der Waals surface area contributed by atoms with Crippen LogP contribution in [0.25, 0.3) is 11.0 Å². The summed E-state index contributed by atoms with van der Waals surface area (Å²) in [4.78, 5) is 0. The minimum atomic E-state index is 0.445. The molecule has 0 aliphatic rings. The average molecular weight is 240 g/mol. The molecule has 0 aliphatic carbocycles. The van der Waals surface area contributed by atoms with Gasteiger partial charge in [-0.25, -0.2) is 0 Å². The van der Waals surface area contributed by atoms with E-state index in [-0.39, 0.29) is 0 Å². The van der Waals surface area contributed by atoms with Crippen LogP contribution in [0.4, 0.5) is 0 Å². The first-order valence-corrected chi connectivity index (χ1v) is 4.88. The summed E-state index contributed by atoms with van der Waals surface area (Å²) in [6, 6.07) is 6.05. The topological polar surface area (TPSA) is 39.2 Å². The molecule has 1 heterocycles. The maximum absolute atomic E-state index is 5.52. The van der Waals surface area contributed by atoms with Crippen molar-refractivity contribution in [3.05, 3.63) is 34.0 Å². The molecule has 0 unspecified atom stereocenters. The van der Waals surface area contributed by atoms with E-state index in [1.165, 1.54) is 5.56 Å². The third kappa shape index (κ3) is 1.49. The quantitative estimate of drug-likeness (QED) is 0.832. The summed E-state index contributed by atoms with van der Waals surface area (Å²) < 4.78 is 6.58. The van der Waals surface area contributed by atoms with Gasteiger partial charge in [-0.3, -0.25) is 0 Å². The van der Waals surface area contributed by atoms with E-state index >= 15 is 0 Å². The number of halogens is 1. The lowest BCUT2D eigenvalue weighted by atomic mass is 10.2. The lowest BCUT2D eigenvalue weighted by Gasteiger charge is -1.94. The summed E-state index contributed by atoms with van der Waals surface area (Å²) >= 11 is 3.49. The van der Waals surface area contributed by atoms with Gasteiger partial charge in [0.15, 0.2) is 0 Å². The fourth-order valence-electron chi connectivity index (χ4n) is 1.38. The van der Waals surface area contributed by atoms with E-state index in [1.807, 2.05) is 19.1 Å². The zero-order chi connectivity index (χ0) is 9.42. The summed E-state index contributed by atoms with van der Waals surface area (Å²) in [5, 5.41) is 1.09. The standard InChI is InChI=1S/C10H10BrNO/c1-6-2-9(11)8-4-7(5-12)13-10(8)3-6/h2-4H,5,12H2,1H3. The van der Waals surface area contributed by atoms with Crippen molar-refractivity contribution in [1.82, 2.24) is 0 Å². The number of rotatable bonds is 1. The molecular weight excluding hydrogens is 230 g/mol. The zero-order valence-electron chi connectivity index (χ0n) is 7.30. The molecule has 0 spiro atoms.